The van der Waals surface area contributed by atoms with Crippen LogP contribution < -0.4 is 0 Å². The Hall–Kier alpha value is -0.410. The molecule has 0 radical (unpaired) electrons. The van der Waals surface area contributed by atoms with Crippen LogP contribution in [0.3, 0.4) is 0 Å². The minimum atomic E-state index is -0.105. The Balaban J connectivity index is 2.22. The second kappa shape index (κ2) is 4.41. The monoisotopic (exact) mass is 258 g/mol. The highest BCUT2D eigenvalue weighted by Gasteiger charge is 2.18. The lowest BCUT2D eigenvalue weighted by atomic mass is 9.91. The Morgan fingerprint density at radius 2 is 2.00 bits per heavy atom. The van der Waals surface area contributed by atoms with Crippen LogP contribution in [-0.4, -0.2) is 13.2 Å². The molecule has 3 heteroatoms. The van der Waals surface area contributed by atoms with Gasteiger partial charge in [-0.2, -0.15) is 0 Å². The van der Waals surface area contributed by atoms with E-state index in [1.807, 2.05) is 12.1 Å². The molecule has 1 aliphatic rings. The summed E-state index contributed by atoms with van der Waals surface area (Å²) in [6, 6.07) is 5.30. The van der Waals surface area contributed by atoms with Gasteiger partial charge in [0.2, 0.25) is 0 Å². The van der Waals surface area contributed by atoms with Crippen molar-refractivity contribution in [1.82, 2.24) is 0 Å². The highest BCUT2D eigenvalue weighted by Crippen LogP contribution is 2.29. The quantitative estimate of drug-likeness (QED) is 0.750. The fourth-order valence-corrected chi connectivity index (χ4v) is 2.17. The molecule has 0 bridgehead atoms. The minimum Gasteiger partial charge on any atom is -0.381 e. The Labute approximate surface area is 91.4 Å². The van der Waals surface area contributed by atoms with Crippen LogP contribution in [0.5, 0.6) is 0 Å². The van der Waals surface area contributed by atoms with Crippen LogP contribution in [-0.2, 0) is 4.74 Å². The van der Waals surface area contributed by atoms with Crippen LogP contribution in [0.15, 0.2) is 22.7 Å². The van der Waals surface area contributed by atoms with E-state index in [0.29, 0.717) is 5.92 Å². The van der Waals surface area contributed by atoms with Crippen molar-refractivity contribution < 1.29 is 9.13 Å². The third-order valence-corrected chi connectivity index (χ3v) is 3.12. The highest BCUT2D eigenvalue weighted by molar-refractivity contribution is 9.10. The summed E-state index contributed by atoms with van der Waals surface area (Å²) in [6.07, 6.45) is 1.86. The first-order valence-electron chi connectivity index (χ1n) is 4.80. The molecule has 0 amide bonds. The zero-order valence-corrected chi connectivity index (χ0v) is 9.39. The number of halogens is 2. The molecule has 1 aromatic rings. The molecule has 1 fully saturated rings. The summed E-state index contributed by atoms with van der Waals surface area (Å²) >= 11 is 3.26. The largest absolute Gasteiger partial charge is 0.381 e. The van der Waals surface area contributed by atoms with Crippen molar-refractivity contribution >= 4 is 15.9 Å². The van der Waals surface area contributed by atoms with Gasteiger partial charge in [0.25, 0.3) is 0 Å². The Morgan fingerprint density at radius 1 is 1.29 bits per heavy atom. The van der Waals surface area contributed by atoms with Gasteiger partial charge in [0, 0.05) is 17.7 Å². The molecule has 1 saturated heterocycles. The molecule has 14 heavy (non-hydrogen) atoms. The van der Waals surface area contributed by atoms with Gasteiger partial charge in [0.05, 0.1) is 0 Å². The van der Waals surface area contributed by atoms with Gasteiger partial charge >= 0.3 is 0 Å². The van der Waals surface area contributed by atoms with Gasteiger partial charge in [-0.05, 0) is 36.5 Å². The first-order chi connectivity index (χ1) is 6.77. The number of ether oxygens (including phenoxy) is 1. The summed E-state index contributed by atoms with van der Waals surface area (Å²) in [4.78, 5) is 0. The summed E-state index contributed by atoms with van der Waals surface area (Å²) in [5.41, 5.74) is 0.830. The molecule has 0 aromatic heterocycles. The molecular weight excluding hydrogens is 247 g/mol. The SMILES string of the molecule is Fc1cc(Br)ccc1C1CCOCC1. The predicted octanol–water partition coefficient (Wildman–Crippen LogP) is 3.48. The topological polar surface area (TPSA) is 9.23 Å². The number of hydrogen-bond donors (Lipinski definition) is 0. The lowest BCUT2D eigenvalue weighted by molar-refractivity contribution is 0.0846. The van der Waals surface area contributed by atoms with Crippen LogP contribution in [0.1, 0.15) is 24.3 Å². The average molecular weight is 259 g/mol. The van der Waals surface area contributed by atoms with Gasteiger partial charge in [0.15, 0.2) is 0 Å². The maximum Gasteiger partial charge on any atom is 0.127 e. The molecule has 0 spiro atoms. The maximum absolute atomic E-state index is 13.6. The lowest BCUT2D eigenvalue weighted by Crippen LogP contribution is -2.15. The zero-order valence-electron chi connectivity index (χ0n) is 7.80. The molecule has 1 aliphatic heterocycles. The van der Waals surface area contributed by atoms with E-state index in [0.717, 1.165) is 36.1 Å². The van der Waals surface area contributed by atoms with Crippen molar-refractivity contribution in [3.63, 3.8) is 0 Å². The average Bonchev–Trinajstić information content (AvgIpc) is 2.19. The minimum absolute atomic E-state index is 0.105. The van der Waals surface area contributed by atoms with E-state index in [-0.39, 0.29) is 5.82 Å². The van der Waals surface area contributed by atoms with Crippen molar-refractivity contribution in [2.45, 2.75) is 18.8 Å². The van der Waals surface area contributed by atoms with Crippen LogP contribution in [0.25, 0.3) is 0 Å². The van der Waals surface area contributed by atoms with E-state index in [9.17, 15) is 4.39 Å². The Morgan fingerprint density at radius 3 is 2.64 bits per heavy atom. The number of benzene rings is 1. The van der Waals surface area contributed by atoms with Crippen LogP contribution in [0.4, 0.5) is 4.39 Å². The first-order valence-corrected chi connectivity index (χ1v) is 5.59. The van der Waals surface area contributed by atoms with Gasteiger partial charge in [0.1, 0.15) is 5.82 Å². The van der Waals surface area contributed by atoms with Crippen molar-refractivity contribution in [2.24, 2.45) is 0 Å². The van der Waals surface area contributed by atoms with Gasteiger partial charge in [-0.15, -0.1) is 0 Å². The fraction of sp³-hybridized carbons (Fsp3) is 0.455. The standard InChI is InChI=1S/C11H12BrFO/c12-9-1-2-10(11(13)7-9)8-3-5-14-6-4-8/h1-2,7-8H,3-6H2. The van der Waals surface area contributed by atoms with E-state index in [1.54, 1.807) is 0 Å². The normalized spacial score (nSPS) is 18.4. The zero-order chi connectivity index (χ0) is 9.97. The summed E-state index contributed by atoms with van der Waals surface area (Å²) in [6.45, 7) is 1.50. The van der Waals surface area contributed by atoms with Gasteiger partial charge in [-0.25, -0.2) is 4.39 Å². The maximum atomic E-state index is 13.6. The number of hydrogen-bond acceptors (Lipinski definition) is 1. The predicted molar refractivity (Wildman–Crippen MR) is 56.9 cm³/mol. The lowest BCUT2D eigenvalue weighted by Gasteiger charge is -2.22. The van der Waals surface area contributed by atoms with Crippen LogP contribution >= 0.6 is 15.9 Å². The Kier molecular flexibility index (Phi) is 3.19. The van der Waals surface area contributed by atoms with Gasteiger partial charge < -0.3 is 4.74 Å². The molecular formula is C11H12BrFO. The third-order valence-electron chi connectivity index (χ3n) is 2.62. The van der Waals surface area contributed by atoms with Gasteiger partial charge in [-0.1, -0.05) is 22.0 Å². The van der Waals surface area contributed by atoms with E-state index < -0.39 is 0 Å². The summed E-state index contributed by atoms with van der Waals surface area (Å²) in [7, 11) is 0. The molecule has 0 aliphatic carbocycles. The van der Waals surface area contributed by atoms with Crippen LogP contribution in [0.2, 0.25) is 0 Å². The van der Waals surface area contributed by atoms with Crippen LogP contribution in [0, 0.1) is 5.82 Å². The van der Waals surface area contributed by atoms with E-state index in [2.05, 4.69) is 15.9 Å². The van der Waals surface area contributed by atoms with Crippen molar-refractivity contribution in [2.75, 3.05) is 13.2 Å². The molecule has 1 heterocycles. The molecule has 0 N–H and O–H groups in total. The summed E-state index contributed by atoms with van der Waals surface area (Å²) in [5.74, 6) is 0.225. The summed E-state index contributed by atoms with van der Waals surface area (Å²) in [5, 5.41) is 0. The van der Waals surface area contributed by atoms with Crippen molar-refractivity contribution in [3.8, 4) is 0 Å². The van der Waals surface area contributed by atoms with Gasteiger partial charge in [-0.3, -0.25) is 0 Å². The summed E-state index contributed by atoms with van der Waals surface area (Å²) < 4.78 is 19.6. The van der Waals surface area contributed by atoms with Crippen molar-refractivity contribution in [3.05, 3.63) is 34.1 Å². The smallest absolute Gasteiger partial charge is 0.127 e. The molecule has 0 saturated carbocycles. The Bertz CT molecular complexity index is 321. The fourth-order valence-electron chi connectivity index (χ4n) is 1.84. The molecule has 1 nitrogen and oxygen atoms in total. The highest BCUT2D eigenvalue weighted by atomic mass is 79.9. The molecule has 1 aromatic carbocycles. The second-order valence-electron chi connectivity index (χ2n) is 3.55. The molecule has 76 valence electrons. The molecule has 0 atom stereocenters. The third kappa shape index (κ3) is 2.15. The first kappa shape index (κ1) is 10.1. The van der Waals surface area contributed by atoms with E-state index in [4.69, 9.17) is 4.74 Å². The van der Waals surface area contributed by atoms with E-state index in [1.165, 1.54) is 6.07 Å². The molecule has 2 rings (SSSR count). The van der Waals surface area contributed by atoms with Crippen molar-refractivity contribution in [1.29, 1.82) is 0 Å². The van der Waals surface area contributed by atoms with E-state index >= 15 is 0 Å². The second-order valence-corrected chi connectivity index (χ2v) is 4.47. The number of rotatable bonds is 1. The molecule has 0 unspecified atom stereocenters.